The first-order chi connectivity index (χ1) is 6.01. The van der Waals surface area contributed by atoms with E-state index in [1.165, 1.54) is 0 Å². The normalized spacial score (nSPS) is 23.9. The number of methoxy groups -OCH3 is 2. The third-order valence-corrected chi connectivity index (χ3v) is 2.46. The molecular formula is C10H18O3. The number of hydrogen-bond acceptors (Lipinski definition) is 3. The number of hydrogen-bond donors (Lipinski definition) is 0. The van der Waals surface area contributed by atoms with E-state index < -0.39 is 5.97 Å². The Morgan fingerprint density at radius 3 is 2.08 bits per heavy atom. The molecule has 0 fully saturated rings. The minimum atomic E-state index is -0.946. The van der Waals surface area contributed by atoms with Crippen LogP contribution in [0.4, 0.5) is 0 Å². The summed E-state index contributed by atoms with van der Waals surface area (Å²) in [7, 11) is 3.19. The summed E-state index contributed by atoms with van der Waals surface area (Å²) in [5.41, 5.74) is -0.248. The number of rotatable bonds is 3. The van der Waals surface area contributed by atoms with Gasteiger partial charge in [0.25, 0.3) is 0 Å². The molecule has 1 heterocycles. The minimum absolute atomic E-state index is 0.248. The van der Waals surface area contributed by atoms with E-state index in [4.69, 9.17) is 14.2 Å². The Bertz CT molecular complexity index is 214. The molecule has 0 saturated carbocycles. The van der Waals surface area contributed by atoms with Crippen molar-refractivity contribution in [2.45, 2.75) is 33.2 Å². The molecule has 0 aromatic carbocycles. The summed E-state index contributed by atoms with van der Waals surface area (Å²) in [5.74, 6) is -0.0214. The lowest BCUT2D eigenvalue weighted by molar-refractivity contribution is -0.374. The van der Waals surface area contributed by atoms with E-state index in [0.29, 0.717) is 0 Å². The highest BCUT2D eigenvalue weighted by atomic mass is 16.9. The molecular weight excluding hydrogens is 168 g/mol. The molecule has 0 amide bonds. The van der Waals surface area contributed by atoms with Crippen molar-refractivity contribution in [3.8, 4) is 0 Å². The molecule has 0 N–H and O–H groups in total. The highest BCUT2D eigenvalue weighted by Gasteiger charge is 2.52. The largest absolute Gasteiger partial charge is 0.443 e. The smallest absolute Gasteiger partial charge is 0.335 e. The third kappa shape index (κ3) is 1.46. The predicted molar refractivity (Wildman–Crippen MR) is 50.0 cm³/mol. The van der Waals surface area contributed by atoms with E-state index in [2.05, 4.69) is 6.08 Å². The van der Waals surface area contributed by atoms with Crippen LogP contribution < -0.4 is 0 Å². The molecule has 3 heteroatoms. The van der Waals surface area contributed by atoms with Crippen molar-refractivity contribution in [2.75, 3.05) is 14.2 Å². The van der Waals surface area contributed by atoms with Gasteiger partial charge in [-0.25, -0.2) is 0 Å². The number of ether oxygens (including phenoxy) is 3. The van der Waals surface area contributed by atoms with Crippen molar-refractivity contribution in [3.05, 3.63) is 11.8 Å². The topological polar surface area (TPSA) is 27.7 Å². The summed E-state index contributed by atoms with van der Waals surface area (Å²) in [6.45, 7) is 6.11. The van der Waals surface area contributed by atoms with Gasteiger partial charge in [0.2, 0.25) is 0 Å². The van der Waals surface area contributed by atoms with Crippen LogP contribution in [0.2, 0.25) is 0 Å². The van der Waals surface area contributed by atoms with Gasteiger partial charge in [-0.2, -0.15) is 0 Å². The first-order valence-electron chi connectivity index (χ1n) is 4.52. The van der Waals surface area contributed by atoms with Gasteiger partial charge in [0, 0.05) is 20.6 Å². The van der Waals surface area contributed by atoms with Crippen LogP contribution in [0.25, 0.3) is 0 Å². The average Bonchev–Trinajstić information content (AvgIpc) is 2.37. The van der Waals surface area contributed by atoms with Gasteiger partial charge in [-0.1, -0.05) is 6.92 Å². The summed E-state index contributed by atoms with van der Waals surface area (Å²) in [6, 6.07) is 0. The molecule has 1 aliphatic heterocycles. The molecule has 13 heavy (non-hydrogen) atoms. The second-order valence-corrected chi connectivity index (χ2v) is 3.75. The molecule has 0 aliphatic carbocycles. The molecule has 3 nitrogen and oxygen atoms in total. The maximum absolute atomic E-state index is 5.63. The summed E-state index contributed by atoms with van der Waals surface area (Å²) in [6.07, 6.45) is 2.91. The molecule has 0 aromatic rings. The van der Waals surface area contributed by atoms with Crippen LogP contribution in [0.1, 0.15) is 27.2 Å². The highest BCUT2D eigenvalue weighted by Crippen LogP contribution is 2.45. The van der Waals surface area contributed by atoms with Crippen molar-refractivity contribution < 1.29 is 14.2 Å². The van der Waals surface area contributed by atoms with Gasteiger partial charge in [-0.15, -0.1) is 0 Å². The SMILES string of the molecule is CCC1=CC(C)(C)C(OC)(OC)O1. The van der Waals surface area contributed by atoms with E-state index >= 15 is 0 Å². The first kappa shape index (κ1) is 10.5. The lowest BCUT2D eigenvalue weighted by Gasteiger charge is -2.36. The zero-order valence-electron chi connectivity index (χ0n) is 9.01. The molecule has 76 valence electrons. The third-order valence-electron chi connectivity index (χ3n) is 2.46. The van der Waals surface area contributed by atoms with Crippen LogP contribution in [0.5, 0.6) is 0 Å². The van der Waals surface area contributed by atoms with Crippen LogP contribution in [-0.4, -0.2) is 20.2 Å². The van der Waals surface area contributed by atoms with E-state index in [1.54, 1.807) is 14.2 Å². The van der Waals surface area contributed by atoms with E-state index in [0.717, 1.165) is 12.2 Å². The van der Waals surface area contributed by atoms with Gasteiger partial charge in [-0.05, 0) is 19.9 Å². The van der Waals surface area contributed by atoms with Crippen molar-refractivity contribution in [1.29, 1.82) is 0 Å². The summed E-state index contributed by atoms with van der Waals surface area (Å²) in [5, 5.41) is 0. The lowest BCUT2D eigenvalue weighted by atomic mass is 9.91. The average molecular weight is 186 g/mol. The predicted octanol–water partition coefficient (Wildman–Crippen LogP) is 2.28. The maximum Gasteiger partial charge on any atom is 0.335 e. The van der Waals surface area contributed by atoms with Gasteiger partial charge >= 0.3 is 5.97 Å². The molecule has 0 bridgehead atoms. The van der Waals surface area contributed by atoms with Gasteiger partial charge < -0.3 is 14.2 Å². The molecule has 1 aliphatic rings. The molecule has 0 radical (unpaired) electrons. The van der Waals surface area contributed by atoms with Crippen molar-refractivity contribution in [3.63, 3.8) is 0 Å². The molecule has 0 unspecified atom stereocenters. The van der Waals surface area contributed by atoms with Crippen molar-refractivity contribution in [1.82, 2.24) is 0 Å². The quantitative estimate of drug-likeness (QED) is 0.633. The fourth-order valence-corrected chi connectivity index (χ4v) is 1.69. The minimum Gasteiger partial charge on any atom is -0.443 e. The summed E-state index contributed by atoms with van der Waals surface area (Å²) in [4.78, 5) is 0. The Kier molecular flexibility index (Phi) is 2.68. The summed E-state index contributed by atoms with van der Waals surface area (Å²) >= 11 is 0. The van der Waals surface area contributed by atoms with Crippen LogP contribution in [0.3, 0.4) is 0 Å². The standard InChI is InChI=1S/C10H18O3/c1-6-8-7-9(2,3)10(11-4,12-5)13-8/h7H,6H2,1-5H3. The van der Waals surface area contributed by atoms with E-state index in [1.807, 2.05) is 20.8 Å². The van der Waals surface area contributed by atoms with Gasteiger partial charge in [-0.3, -0.25) is 0 Å². The second-order valence-electron chi connectivity index (χ2n) is 3.75. The van der Waals surface area contributed by atoms with Gasteiger partial charge in [0.1, 0.15) is 0 Å². The first-order valence-corrected chi connectivity index (χ1v) is 4.52. The Hall–Kier alpha value is -0.540. The fraction of sp³-hybridized carbons (Fsp3) is 0.800. The Labute approximate surface area is 79.7 Å². The Morgan fingerprint density at radius 2 is 1.85 bits per heavy atom. The lowest BCUT2D eigenvalue weighted by Crippen LogP contribution is -2.45. The Balaban J connectivity index is 2.94. The number of allylic oxidation sites excluding steroid dienone is 1. The fourth-order valence-electron chi connectivity index (χ4n) is 1.69. The van der Waals surface area contributed by atoms with Crippen molar-refractivity contribution >= 4 is 0 Å². The van der Waals surface area contributed by atoms with Gasteiger partial charge in [0.15, 0.2) is 0 Å². The molecule has 0 aromatic heterocycles. The van der Waals surface area contributed by atoms with E-state index in [9.17, 15) is 0 Å². The van der Waals surface area contributed by atoms with E-state index in [-0.39, 0.29) is 5.41 Å². The summed E-state index contributed by atoms with van der Waals surface area (Å²) < 4.78 is 16.2. The van der Waals surface area contributed by atoms with Crippen LogP contribution in [0.15, 0.2) is 11.8 Å². The van der Waals surface area contributed by atoms with Crippen LogP contribution >= 0.6 is 0 Å². The zero-order chi connectivity index (χ0) is 10.1. The van der Waals surface area contributed by atoms with Crippen LogP contribution in [0, 0.1) is 5.41 Å². The zero-order valence-corrected chi connectivity index (χ0v) is 9.01. The van der Waals surface area contributed by atoms with Gasteiger partial charge in [0.05, 0.1) is 11.2 Å². The Morgan fingerprint density at radius 1 is 1.31 bits per heavy atom. The van der Waals surface area contributed by atoms with Crippen molar-refractivity contribution in [2.24, 2.45) is 5.41 Å². The highest BCUT2D eigenvalue weighted by molar-refractivity contribution is 5.12. The molecule has 0 saturated heterocycles. The molecule has 0 spiro atoms. The second kappa shape index (κ2) is 3.31. The molecule has 0 atom stereocenters. The maximum atomic E-state index is 5.63. The molecule has 1 rings (SSSR count). The monoisotopic (exact) mass is 186 g/mol. The van der Waals surface area contributed by atoms with Crippen LogP contribution in [-0.2, 0) is 14.2 Å².